The predicted molar refractivity (Wildman–Crippen MR) is 86.0 cm³/mol. The highest BCUT2D eigenvalue weighted by Gasteiger charge is 2.35. The molecule has 0 spiro atoms. The van der Waals surface area contributed by atoms with Gasteiger partial charge in [0.1, 0.15) is 6.61 Å². The number of hydrogen-bond acceptors (Lipinski definition) is 6. The number of carbonyl (C=O) groups is 1. The van der Waals surface area contributed by atoms with E-state index in [4.69, 9.17) is 18.9 Å². The van der Waals surface area contributed by atoms with Crippen LogP contribution in [0.4, 0.5) is 0 Å². The van der Waals surface area contributed by atoms with E-state index in [1.165, 1.54) is 0 Å². The first kappa shape index (κ1) is 21.3. The van der Waals surface area contributed by atoms with Crippen LogP contribution >= 0.6 is 0 Å². The lowest BCUT2D eigenvalue weighted by Crippen LogP contribution is -2.38. The summed E-state index contributed by atoms with van der Waals surface area (Å²) in [7, 11) is 3.24. The largest absolute Gasteiger partial charge is 0.464 e. The lowest BCUT2D eigenvalue weighted by molar-refractivity contribution is -0.160. The molecule has 0 fully saturated rings. The van der Waals surface area contributed by atoms with Crippen LogP contribution in [-0.2, 0) is 23.7 Å². The van der Waals surface area contributed by atoms with Gasteiger partial charge in [-0.05, 0) is 26.4 Å². The topological polar surface area (TPSA) is 57.2 Å². The maximum absolute atomic E-state index is 12.4. The standard InChI is InChI=1S/C16H33NO5/c1-6-17(7-2)9-11-22-15(18)16(3,8-10-19-4)14-21-13-12-20-5/h6-14H2,1-5H3. The number of methoxy groups -OCH3 is 2. The number of hydrogen-bond donors (Lipinski definition) is 0. The van der Waals surface area contributed by atoms with E-state index in [9.17, 15) is 4.79 Å². The van der Waals surface area contributed by atoms with E-state index >= 15 is 0 Å². The Kier molecular flexibility index (Phi) is 12.4. The summed E-state index contributed by atoms with van der Waals surface area (Å²) in [5, 5.41) is 0. The summed E-state index contributed by atoms with van der Waals surface area (Å²) in [6.45, 7) is 10.9. The highest BCUT2D eigenvalue weighted by Crippen LogP contribution is 2.24. The van der Waals surface area contributed by atoms with Gasteiger partial charge in [0.2, 0.25) is 0 Å². The van der Waals surface area contributed by atoms with Gasteiger partial charge in [0, 0.05) is 27.4 Å². The lowest BCUT2D eigenvalue weighted by atomic mass is 9.88. The quantitative estimate of drug-likeness (QED) is 0.358. The molecule has 0 aromatic rings. The van der Waals surface area contributed by atoms with E-state index in [-0.39, 0.29) is 5.97 Å². The average Bonchev–Trinajstić information content (AvgIpc) is 2.53. The Labute approximate surface area is 135 Å². The Morgan fingerprint density at radius 2 is 1.64 bits per heavy atom. The van der Waals surface area contributed by atoms with Crippen LogP contribution in [0.5, 0.6) is 0 Å². The molecule has 132 valence electrons. The average molecular weight is 319 g/mol. The van der Waals surface area contributed by atoms with Crippen molar-refractivity contribution in [2.45, 2.75) is 27.2 Å². The second kappa shape index (κ2) is 12.8. The third-order valence-electron chi connectivity index (χ3n) is 3.74. The number of nitrogens with zero attached hydrogens (tertiary/aromatic N) is 1. The summed E-state index contributed by atoms with van der Waals surface area (Å²) in [5.41, 5.74) is -0.687. The van der Waals surface area contributed by atoms with E-state index in [1.54, 1.807) is 14.2 Å². The number of carbonyl (C=O) groups excluding carboxylic acids is 1. The second-order valence-electron chi connectivity index (χ2n) is 5.51. The summed E-state index contributed by atoms with van der Waals surface area (Å²) in [4.78, 5) is 14.6. The second-order valence-corrected chi connectivity index (χ2v) is 5.51. The van der Waals surface area contributed by atoms with Crippen LogP contribution in [0.2, 0.25) is 0 Å². The Morgan fingerprint density at radius 1 is 1.00 bits per heavy atom. The first-order valence-corrected chi connectivity index (χ1v) is 7.99. The molecule has 6 heteroatoms. The minimum atomic E-state index is -0.687. The minimum Gasteiger partial charge on any atom is -0.464 e. The van der Waals surface area contributed by atoms with E-state index in [1.807, 2.05) is 6.92 Å². The molecule has 0 aliphatic rings. The zero-order valence-corrected chi connectivity index (χ0v) is 14.9. The zero-order chi connectivity index (χ0) is 16.8. The fourth-order valence-electron chi connectivity index (χ4n) is 1.98. The van der Waals surface area contributed by atoms with Crippen LogP contribution in [-0.4, -0.2) is 77.8 Å². The smallest absolute Gasteiger partial charge is 0.314 e. The van der Waals surface area contributed by atoms with E-state index in [2.05, 4.69) is 18.7 Å². The number of ether oxygens (including phenoxy) is 4. The Morgan fingerprint density at radius 3 is 2.18 bits per heavy atom. The molecule has 6 nitrogen and oxygen atoms in total. The van der Waals surface area contributed by atoms with Gasteiger partial charge in [-0.25, -0.2) is 0 Å². The fraction of sp³-hybridized carbons (Fsp3) is 0.938. The zero-order valence-electron chi connectivity index (χ0n) is 14.9. The van der Waals surface area contributed by atoms with Crippen LogP contribution < -0.4 is 0 Å². The molecule has 0 radical (unpaired) electrons. The normalized spacial score (nSPS) is 14.1. The highest BCUT2D eigenvalue weighted by atomic mass is 16.5. The van der Waals surface area contributed by atoms with Crippen molar-refractivity contribution in [3.05, 3.63) is 0 Å². The molecule has 22 heavy (non-hydrogen) atoms. The fourth-order valence-corrected chi connectivity index (χ4v) is 1.98. The summed E-state index contributed by atoms with van der Waals surface area (Å²) >= 11 is 0. The van der Waals surface area contributed by atoms with E-state index in [0.29, 0.717) is 39.5 Å². The molecule has 0 aliphatic heterocycles. The minimum absolute atomic E-state index is 0.228. The van der Waals surface area contributed by atoms with Gasteiger partial charge in [0.25, 0.3) is 0 Å². The third-order valence-corrected chi connectivity index (χ3v) is 3.74. The van der Waals surface area contributed by atoms with Crippen molar-refractivity contribution in [1.82, 2.24) is 4.90 Å². The molecule has 0 bridgehead atoms. The van der Waals surface area contributed by atoms with Crippen LogP contribution in [0.3, 0.4) is 0 Å². The van der Waals surface area contributed by atoms with Crippen molar-refractivity contribution in [3.8, 4) is 0 Å². The van der Waals surface area contributed by atoms with Gasteiger partial charge in [-0.1, -0.05) is 13.8 Å². The van der Waals surface area contributed by atoms with Crippen molar-refractivity contribution in [2.24, 2.45) is 5.41 Å². The molecule has 0 saturated heterocycles. The molecule has 0 aromatic heterocycles. The van der Waals surface area contributed by atoms with E-state index < -0.39 is 5.41 Å². The molecule has 0 saturated carbocycles. The molecule has 1 unspecified atom stereocenters. The maximum atomic E-state index is 12.4. The van der Waals surface area contributed by atoms with Crippen LogP contribution in [0.25, 0.3) is 0 Å². The Balaban J connectivity index is 4.35. The van der Waals surface area contributed by atoms with Gasteiger partial charge in [0.05, 0.1) is 25.2 Å². The monoisotopic (exact) mass is 319 g/mol. The molecule has 0 amide bonds. The van der Waals surface area contributed by atoms with Gasteiger partial charge in [-0.2, -0.15) is 0 Å². The molecular weight excluding hydrogens is 286 g/mol. The highest BCUT2D eigenvalue weighted by molar-refractivity contribution is 5.76. The first-order chi connectivity index (χ1) is 10.5. The summed E-state index contributed by atoms with van der Waals surface area (Å²) < 4.78 is 21.0. The molecule has 0 heterocycles. The SMILES string of the molecule is CCN(CC)CCOC(=O)C(C)(CCOC)COCCOC. The van der Waals surface area contributed by atoms with Crippen LogP contribution in [0.1, 0.15) is 27.2 Å². The summed E-state index contributed by atoms with van der Waals surface area (Å²) in [6.07, 6.45) is 0.570. The van der Waals surface area contributed by atoms with Gasteiger partial charge in [0.15, 0.2) is 0 Å². The van der Waals surface area contributed by atoms with Crippen molar-refractivity contribution in [1.29, 1.82) is 0 Å². The van der Waals surface area contributed by atoms with Gasteiger partial charge in [-0.15, -0.1) is 0 Å². The van der Waals surface area contributed by atoms with Crippen molar-refractivity contribution in [3.63, 3.8) is 0 Å². The Bertz CT molecular complexity index is 284. The molecule has 0 rings (SSSR count). The molecule has 0 aromatic carbocycles. The van der Waals surface area contributed by atoms with Gasteiger partial charge < -0.3 is 23.8 Å². The Hall–Kier alpha value is -0.690. The molecule has 0 aliphatic carbocycles. The summed E-state index contributed by atoms with van der Waals surface area (Å²) in [6, 6.07) is 0. The lowest BCUT2D eigenvalue weighted by Gasteiger charge is -2.27. The molecular formula is C16H33NO5. The van der Waals surface area contributed by atoms with Crippen LogP contribution in [0.15, 0.2) is 0 Å². The predicted octanol–water partition coefficient (Wildman–Crippen LogP) is 1.58. The number of esters is 1. The van der Waals surface area contributed by atoms with Gasteiger partial charge in [-0.3, -0.25) is 4.79 Å². The van der Waals surface area contributed by atoms with Crippen molar-refractivity contribution in [2.75, 3.05) is 66.9 Å². The van der Waals surface area contributed by atoms with Crippen molar-refractivity contribution < 1.29 is 23.7 Å². The third kappa shape index (κ3) is 8.68. The van der Waals surface area contributed by atoms with E-state index in [0.717, 1.165) is 19.6 Å². The number of likely N-dealkylation sites (N-methyl/N-ethyl adjacent to an activating group) is 1. The maximum Gasteiger partial charge on any atom is 0.314 e. The molecule has 0 N–H and O–H groups in total. The van der Waals surface area contributed by atoms with Crippen LogP contribution in [0, 0.1) is 5.41 Å². The first-order valence-electron chi connectivity index (χ1n) is 7.99. The summed E-state index contributed by atoms with van der Waals surface area (Å²) in [5.74, 6) is -0.228. The van der Waals surface area contributed by atoms with Gasteiger partial charge >= 0.3 is 5.97 Å². The number of rotatable bonds is 14. The molecule has 1 atom stereocenters. The van der Waals surface area contributed by atoms with Crippen molar-refractivity contribution >= 4 is 5.97 Å².